The lowest BCUT2D eigenvalue weighted by molar-refractivity contribution is -0.116. The molecule has 0 saturated heterocycles. The highest BCUT2D eigenvalue weighted by molar-refractivity contribution is 6.33. The molecule has 1 aromatic rings. The van der Waals surface area contributed by atoms with Crippen molar-refractivity contribution in [3.05, 3.63) is 29.3 Å². The van der Waals surface area contributed by atoms with Crippen LogP contribution < -0.4 is 10.6 Å². The van der Waals surface area contributed by atoms with Gasteiger partial charge in [0.25, 0.3) is 0 Å². The number of anilines is 1. The van der Waals surface area contributed by atoms with E-state index in [9.17, 15) is 4.79 Å². The first-order valence-corrected chi connectivity index (χ1v) is 6.06. The number of halogens is 1. The third-order valence-corrected chi connectivity index (χ3v) is 3.01. The molecule has 0 aliphatic carbocycles. The fourth-order valence-corrected chi connectivity index (χ4v) is 1.53. The average Bonchev–Trinajstić information content (AvgIpc) is 2.44. The summed E-state index contributed by atoms with van der Waals surface area (Å²) < 4.78 is 0. The van der Waals surface area contributed by atoms with Crippen molar-refractivity contribution in [3.63, 3.8) is 0 Å². The smallest absolute Gasteiger partial charge is 0.238 e. The van der Waals surface area contributed by atoms with Crippen LogP contribution in [0.2, 0.25) is 5.02 Å². The zero-order chi connectivity index (χ0) is 14.3. The van der Waals surface area contributed by atoms with Crippen LogP contribution in [0, 0.1) is 0 Å². The summed E-state index contributed by atoms with van der Waals surface area (Å²) in [7, 11) is 0. The SMILES string of the molecule is O=C(CNC(CO)(CO)CO)Nc1ccccc1Cl. The first-order chi connectivity index (χ1) is 9.06. The lowest BCUT2D eigenvalue weighted by Crippen LogP contribution is -2.56. The van der Waals surface area contributed by atoms with Gasteiger partial charge in [0.05, 0.1) is 42.6 Å². The van der Waals surface area contributed by atoms with Crippen LogP contribution in [0.1, 0.15) is 0 Å². The number of carbonyl (C=O) groups is 1. The molecule has 19 heavy (non-hydrogen) atoms. The molecule has 106 valence electrons. The minimum Gasteiger partial charge on any atom is -0.394 e. The molecule has 0 bridgehead atoms. The van der Waals surface area contributed by atoms with Gasteiger partial charge in [0.15, 0.2) is 0 Å². The van der Waals surface area contributed by atoms with Gasteiger partial charge in [0.2, 0.25) is 5.91 Å². The van der Waals surface area contributed by atoms with Gasteiger partial charge < -0.3 is 20.6 Å². The molecule has 0 atom stereocenters. The van der Waals surface area contributed by atoms with Crippen LogP contribution in [0.4, 0.5) is 5.69 Å². The van der Waals surface area contributed by atoms with Crippen LogP contribution in [-0.4, -0.2) is 53.1 Å². The Labute approximate surface area is 116 Å². The normalized spacial score (nSPS) is 11.4. The fraction of sp³-hybridized carbons (Fsp3) is 0.417. The van der Waals surface area contributed by atoms with Gasteiger partial charge in [-0.15, -0.1) is 0 Å². The third-order valence-electron chi connectivity index (χ3n) is 2.68. The number of amides is 1. The Balaban J connectivity index is 2.55. The molecule has 0 aliphatic heterocycles. The summed E-state index contributed by atoms with van der Waals surface area (Å²) in [6.07, 6.45) is 0. The van der Waals surface area contributed by atoms with E-state index in [2.05, 4.69) is 10.6 Å². The highest BCUT2D eigenvalue weighted by Crippen LogP contribution is 2.20. The Kier molecular flexibility index (Phi) is 6.20. The number of aliphatic hydroxyl groups excluding tert-OH is 3. The molecule has 1 aromatic carbocycles. The largest absolute Gasteiger partial charge is 0.394 e. The Morgan fingerprint density at radius 3 is 2.26 bits per heavy atom. The summed E-state index contributed by atoms with van der Waals surface area (Å²) in [5, 5.41) is 32.9. The molecule has 0 spiro atoms. The van der Waals surface area contributed by atoms with Crippen LogP contribution in [0.25, 0.3) is 0 Å². The predicted molar refractivity (Wildman–Crippen MR) is 72.1 cm³/mol. The number of hydrogen-bond donors (Lipinski definition) is 5. The van der Waals surface area contributed by atoms with Crippen molar-refractivity contribution < 1.29 is 20.1 Å². The van der Waals surface area contributed by atoms with E-state index in [0.717, 1.165) is 0 Å². The number of aliphatic hydroxyl groups is 3. The first kappa shape index (κ1) is 15.9. The molecule has 0 fully saturated rings. The molecule has 0 aliphatic rings. The summed E-state index contributed by atoms with van der Waals surface area (Å²) in [5.41, 5.74) is -0.809. The standard InChI is InChI=1S/C12H17ClN2O4/c13-9-3-1-2-4-10(9)15-11(19)5-14-12(6-16,7-17)8-18/h1-4,14,16-18H,5-8H2,(H,15,19). The van der Waals surface area contributed by atoms with E-state index < -0.39 is 31.3 Å². The van der Waals surface area contributed by atoms with Crippen LogP contribution in [-0.2, 0) is 4.79 Å². The predicted octanol–water partition coefficient (Wildman–Crippen LogP) is -0.416. The number of benzene rings is 1. The lowest BCUT2D eigenvalue weighted by Gasteiger charge is -2.28. The van der Waals surface area contributed by atoms with Crippen LogP contribution in [0.3, 0.4) is 0 Å². The van der Waals surface area contributed by atoms with E-state index in [4.69, 9.17) is 26.9 Å². The summed E-state index contributed by atoms with van der Waals surface area (Å²) in [4.78, 5) is 11.7. The van der Waals surface area contributed by atoms with Gasteiger partial charge in [-0.1, -0.05) is 23.7 Å². The highest BCUT2D eigenvalue weighted by atomic mass is 35.5. The number of carbonyl (C=O) groups excluding carboxylic acids is 1. The minimum absolute atomic E-state index is 0.174. The minimum atomic E-state index is -1.28. The van der Waals surface area contributed by atoms with E-state index >= 15 is 0 Å². The van der Waals surface area contributed by atoms with Gasteiger partial charge >= 0.3 is 0 Å². The highest BCUT2D eigenvalue weighted by Gasteiger charge is 2.27. The zero-order valence-corrected chi connectivity index (χ0v) is 11.0. The number of hydrogen-bond acceptors (Lipinski definition) is 5. The number of para-hydroxylation sites is 1. The summed E-state index contributed by atoms with van der Waals surface area (Å²) in [6.45, 7) is -1.63. The second kappa shape index (κ2) is 7.42. The van der Waals surface area contributed by atoms with Gasteiger partial charge in [-0.05, 0) is 12.1 Å². The van der Waals surface area contributed by atoms with Crippen molar-refractivity contribution in [2.75, 3.05) is 31.7 Å². The second-order valence-corrected chi connectivity index (χ2v) is 4.54. The first-order valence-electron chi connectivity index (χ1n) is 5.69. The van der Waals surface area contributed by atoms with Crippen molar-refractivity contribution in [1.29, 1.82) is 0 Å². The molecule has 0 radical (unpaired) electrons. The Bertz CT molecular complexity index is 416. The Morgan fingerprint density at radius 2 is 1.74 bits per heavy atom. The molecule has 1 rings (SSSR count). The van der Waals surface area contributed by atoms with E-state index in [1.165, 1.54) is 0 Å². The van der Waals surface area contributed by atoms with Gasteiger partial charge in [0.1, 0.15) is 0 Å². The maximum absolute atomic E-state index is 11.7. The maximum atomic E-state index is 11.7. The molecule has 1 amide bonds. The number of nitrogens with one attached hydrogen (secondary N) is 2. The van der Waals surface area contributed by atoms with Crippen molar-refractivity contribution >= 4 is 23.2 Å². The van der Waals surface area contributed by atoms with Crippen molar-refractivity contribution in [3.8, 4) is 0 Å². The van der Waals surface area contributed by atoms with Gasteiger partial charge in [-0.2, -0.15) is 0 Å². The van der Waals surface area contributed by atoms with Gasteiger partial charge in [-0.3, -0.25) is 10.1 Å². The maximum Gasteiger partial charge on any atom is 0.238 e. The Hall–Kier alpha value is -1.18. The fourth-order valence-electron chi connectivity index (χ4n) is 1.34. The van der Waals surface area contributed by atoms with Gasteiger partial charge in [0, 0.05) is 0 Å². The van der Waals surface area contributed by atoms with Crippen molar-refractivity contribution in [2.45, 2.75) is 5.54 Å². The summed E-state index contributed by atoms with van der Waals surface area (Å²) in [5.74, 6) is -0.396. The monoisotopic (exact) mass is 288 g/mol. The van der Waals surface area contributed by atoms with E-state index in [-0.39, 0.29) is 6.54 Å². The van der Waals surface area contributed by atoms with E-state index in [0.29, 0.717) is 10.7 Å². The molecule has 5 N–H and O–H groups in total. The van der Waals surface area contributed by atoms with Crippen LogP contribution in [0.5, 0.6) is 0 Å². The molecule has 0 saturated carbocycles. The van der Waals surface area contributed by atoms with Crippen molar-refractivity contribution in [1.82, 2.24) is 5.32 Å². The van der Waals surface area contributed by atoms with Crippen LogP contribution in [0.15, 0.2) is 24.3 Å². The number of rotatable bonds is 7. The van der Waals surface area contributed by atoms with Gasteiger partial charge in [-0.25, -0.2) is 0 Å². The second-order valence-electron chi connectivity index (χ2n) is 4.14. The molecular formula is C12H17ClN2O4. The van der Waals surface area contributed by atoms with Crippen molar-refractivity contribution in [2.24, 2.45) is 0 Å². The van der Waals surface area contributed by atoms with Crippen LogP contribution >= 0.6 is 11.6 Å². The third kappa shape index (κ3) is 4.45. The average molecular weight is 289 g/mol. The molecular weight excluding hydrogens is 272 g/mol. The summed E-state index contributed by atoms with van der Waals surface area (Å²) >= 11 is 5.89. The lowest BCUT2D eigenvalue weighted by atomic mass is 10.0. The topological polar surface area (TPSA) is 102 Å². The molecule has 0 unspecified atom stereocenters. The van der Waals surface area contributed by atoms with E-state index in [1.54, 1.807) is 24.3 Å². The summed E-state index contributed by atoms with van der Waals surface area (Å²) in [6, 6.07) is 6.76. The molecule has 6 nitrogen and oxygen atoms in total. The zero-order valence-electron chi connectivity index (χ0n) is 10.3. The quantitative estimate of drug-likeness (QED) is 0.469. The molecule has 0 aromatic heterocycles. The Morgan fingerprint density at radius 1 is 1.16 bits per heavy atom. The molecule has 7 heteroatoms. The van der Waals surface area contributed by atoms with E-state index in [1.807, 2.05) is 0 Å². The molecule has 0 heterocycles.